The topological polar surface area (TPSA) is 0 Å². The lowest BCUT2D eigenvalue weighted by atomic mass is 9.93. The third-order valence-corrected chi connectivity index (χ3v) is 4.43. The zero-order valence-electron chi connectivity index (χ0n) is 14.4. The predicted octanol–water partition coefficient (Wildman–Crippen LogP) is 7.26. The van der Waals surface area contributed by atoms with Gasteiger partial charge in [0.25, 0.3) is 0 Å². The average Bonchev–Trinajstić information content (AvgIpc) is 2.54. The van der Waals surface area contributed by atoms with E-state index < -0.39 is 0 Å². The van der Waals surface area contributed by atoms with Crippen LogP contribution in [0.2, 0.25) is 0 Å². The Bertz CT molecular complexity index is 370. The SMILES string of the molecule is CCCCCCCC/C(=C/C(CC)CC)c1ccccc1. The van der Waals surface area contributed by atoms with Crippen LogP contribution in [0.5, 0.6) is 0 Å². The fourth-order valence-corrected chi connectivity index (χ4v) is 2.88. The summed E-state index contributed by atoms with van der Waals surface area (Å²) in [6, 6.07) is 11.0. The molecule has 1 rings (SSSR count). The van der Waals surface area contributed by atoms with Crippen LogP contribution in [0.25, 0.3) is 5.57 Å². The second-order valence-electron chi connectivity index (χ2n) is 6.15. The molecule has 0 aliphatic heterocycles. The van der Waals surface area contributed by atoms with Crippen molar-refractivity contribution in [2.24, 2.45) is 5.92 Å². The Morgan fingerprint density at radius 1 is 0.857 bits per heavy atom. The van der Waals surface area contributed by atoms with Crippen molar-refractivity contribution >= 4 is 5.57 Å². The van der Waals surface area contributed by atoms with Crippen LogP contribution in [-0.2, 0) is 0 Å². The molecule has 0 radical (unpaired) electrons. The molecule has 118 valence electrons. The number of allylic oxidation sites excluding steroid dienone is 2. The Hall–Kier alpha value is -1.04. The average molecular weight is 287 g/mol. The van der Waals surface area contributed by atoms with Crippen LogP contribution in [0.4, 0.5) is 0 Å². The van der Waals surface area contributed by atoms with Crippen molar-refractivity contribution in [1.82, 2.24) is 0 Å². The molecule has 0 saturated heterocycles. The summed E-state index contributed by atoms with van der Waals surface area (Å²) < 4.78 is 0. The molecule has 0 spiro atoms. The predicted molar refractivity (Wildman–Crippen MR) is 96.5 cm³/mol. The van der Waals surface area contributed by atoms with Crippen LogP contribution in [-0.4, -0.2) is 0 Å². The summed E-state index contributed by atoms with van der Waals surface area (Å²) in [7, 11) is 0. The fourth-order valence-electron chi connectivity index (χ4n) is 2.88. The number of rotatable bonds is 11. The molecule has 0 atom stereocenters. The van der Waals surface area contributed by atoms with Crippen LogP contribution in [0.15, 0.2) is 36.4 Å². The highest BCUT2D eigenvalue weighted by Gasteiger charge is 2.06. The largest absolute Gasteiger partial charge is 0.0776 e. The molecule has 0 aliphatic carbocycles. The van der Waals surface area contributed by atoms with Crippen molar-refractivity contribution in [1.29, 1.82) is 0 Å². The second kappa shape index (κ2) is 11.6. The Balaban J connectivity index is 2.57. The quantitative estimate of drug-likeness (QED) is 0.375. The Morgan fingerprint density at radius 3 is 2.10 bits per heavy atom. The molecule has 0 heterocycles. The summed E-state index contributed by atoms with van der Waals surface area (Å²) in [4.78, 5) is 0. The van der Waals surface area contributed by atoms with E-state index in [1.54, 1.807) is 5.57 Å². The van der Waals surface area contributed by atoms with Crippen LogP contribution in [0, 0.1) is 5.92 Å². The lowest BCUT2D eigenvalue weighted by molar-refractivity contribution is 0.599. The van der Waals surface area contributed by atoms with Gasteiger partial charge in [-0.3, -0.25) is 0 Å². The Labute approximate surface area is 132 Å². The van der Waals surface area contributed by atoms with Gasteiger partial charge in [-0.2, -0.15) is 0 Å². The van der Waals surface area contributed by atoms with Crippen LogP contribution in [0.1, 0.15) is 84.1 Å². The minimum Gasteiger partial charge on any atom is -0.0776 e. The molecule has 0 unspecified atom stereocenters. The molecular weight excluding hydrogens is 252 g/mol. The molecule has 0 saturated carbocycles. The van der Waals surface area contributed by atoms with Gasteiger partial charge < -0.3 is 0 Å². The van der Waals surface area contributed by atoms with Gasteiger partial charge in [0.15, 0.2) is 0 Å². The first-order chi connectivity index (χ1) is 10.3. The van der Waals surface area contributed by atoms with Crippen LogP contribution >= 0.6 is 0 Å². The monoisotopic (exact) mass is 286 g/mol. The summed E-state index contributed by atoms with van der Waals surface area (Å²) >= 11 is 0. The molecule has 0 fully saturated rings. The van der Waals surface area contributed by atoms with E-state index in [1.807, 2.05) is 0 Å². The maximum Gasteiger partial charge on any atom is -0.0228 e. The standard InChI is InChI=1S/C21H34/c1-4-7-8-9-10-12-17-21(18-19(5-2)6-3)20-15-13-11-14-16-20/h11,13-16,18-19H,4-10,12,17H2,1-3H3/b21-18-. The highest BCUT2D eigenvalue weighted by Crippen LogP contribution is 2.25. The molecular formula is C21H34. The first-order valence-corrected chi connectivity index (χ1v) is 9.07. The molecule has 0 nitrogen and oxygen atoms in total. The zero-order chi connectivity index (χ0) is 15.3. The maximum atomic E-state index is 2.54. The molecule has 1 aromatic carbocycles. The summed E-state index contributed by atoms with van der Waals surface area (Å²) in [5.41, 5.74) is 3.00. The molecule has 0 bridgehead atoms. The van der Waals surface area contributed by atoms with Gasteiger partial charge in [0.1, 0.15) is 0 Å². The highest BCUT2D eigenvalue weighted by molar-refractivity contribution is 5.65. The minimum absolute atomic E-state index is 0.736. The van der Waals surface area contributed by atoms with Crippen molar-refractivity contribution in [2.45, 2.75) is 78.6 Å². The molecule has 0 heteroatoms. The van der Waals surface area contributed by atoms with E-state index in [4.69, 9.17) is 0 Å². The van der Waals surface area contributed by atoms with Crippen molar-refractivity contribution in [2.75, 3.05) is 0 Å². The van der Waals surface area contributed by atoms with Crippen molar-refractivity contribution in [3.63, 3.8) is 0 Å². The van der Waals surface area contributed by atoms with Gasteiger partial charge in [-0.1, -0.05) is 89.3 Å². The lowest BCUT2D eigenvalue weighted by Gasteiger charge is -2.13. The third kappa shape index (κ3) is 7.50. The van der Waals surface area contributed by atoms with E-state index in [0.29, 0.717) is 0 Å². The second-order valence-corrected chi connectivity index (χ2v) is 6.15. The Kier molecular flexibility index (Phi) is 9.95. The summed E-state index contributed by atoms with van der Waals surface area (Å²) in [5, 5.41) is 0. The van der Waals surface area contributed by atoms with Gasteiger partial charge in [-0.15, -0.1) is 0 Å². The maximum absolute atomic E-state index is 2.54. The first-order valence-electron chi connectivity index (χ1n) is 9.07. The summed E-state index contributed by atoms with van der Waals surface area (Å²) in [6.07, 6.45) is 14.6. The molecule has 21 heavy (non-hydrogen) atoms. The van der Waals surface area contributed by atoms with E-state index in [2.05, 4.69) is 57.2 Å². The van der Waals surface area contributed by atoms with Gasteiger partial charge in [-0.25, -0.2) is 0 Å². The summed E-state index contributed by atoms with van der Waals surface area (Å²) in [5.74, 6) is 0.736. The Morgan fingerprint density at radius 2 is 1.48 bits per heavy atom. The normalized spacial score (nSPS) is 12.1. The lowest BCUT2D eigenvalue weighted by Crippen LogP contribution is -1.95. The number of benzene rings is 1. The molecule has 0 aliphatic rings. The van der Waals surface area contributed by atoms with E-state index in [0.717, 1.165) is 5.92 Å². The van der Waals surface area contributed by atoms with Gasteiger partial charge in [0, 0.05) is 0 Å². The smallest absolute Gasteiger partial charge is 0.0228 e. The molecule has 0 amide bonds. The van der Waals surface area contributed by atoms with E-state index in [9.17, 15) is 0 Å². The van der Waals surface area contributed by atoms with Gasteiger partial charge in [0.05, 0.1) is 0 Å². The summed E-state index contributed by atoms with van der Waals surface area (Å²) in [6.45, 7) is 6.89. The third-order valence-electron chi connectivity index (χ3n) is 4.43. The van der Waals surface area contributed by atoms with Crippen molar-refractivity contribution < 1.29 is 0 Å². The fraction of sp³-hybridized carbons (Fsp3) is 0.619. The van der Waals surface area contributed by atoms with Crippen LogP contribution in [0.3, 0.4) is 0 Å². The van der Waals surface area contributed by atoms with Crippen molar-refractivity contribution in [3.05, 3.63) is 42.0 Å². The zero-order valence-corrected chi connectivity index (χ0v) is 14.4. The highest BCUT2D eigenvalue weighted by atomic mass is 14.1. The van der Waals surface area contributed by atoms with Gasteiger partial charge in [0.2, 0.25) is 0 Å². The number of unbranched alkanes of at least 4 members (excludes halogenated alkanes) is 5. The number of hydrogen-bond acceptors (Lipinski definition) is 0. The minimum atomic E-state index is 0.736. The van der Waals surface area contributed by atoms with E-state index in [1.165, 1.54) is 63.4 Å². The molecule has 0 aromatic heterocycles. The number of hydrogen-bond donors (Lipinski definition) is 0. The van der Waals surface area contributed by atoms with Crippen LogP contribution < -0.4 is 0 Å². The van der Waals surface area contributed by atoms with Crippen molar-refractivity contribution in [3.8, 4) is 0 Å². The molecule has 0 N–H and O–H groups in total. The van der Waals surface area contributed by atoms with Gasteiger partial charge in [-0.05, 0) is 42.7 Å². The van der Waals surface area contributed by atoms with E-state index >= 15 is 0 Å². The van der Waals surface area contributed by atoms with Gasteiger partial charge >= 0.3 is 0 Å². The first kappa shape index (κ1) is 18.0. The van der Waals surface area contributed by atoms with E-state index in [-0.39, 0.29) is 0 Å². The molecule has 1 aromatic rings.